The molecule has 16 heavy (non-hydrogen) atoms. The summed E-state index contributed by atoms with van der Waals surface area (Å²) in [5.74, 6) is -0.757. The number of hydrogen-bond donors (Lipinski definition) is 3. The van der Waals surface area contributed by atoms with Crippen LogP contribution in [-0.4, -0.2) is 23.4 Å². The molecule has 0 heterocycles. The van der Waals surface area contributed by atoms with E-state index in [1.54, 1.807) is 6.92 Å². The van der Waals surface area contributed by atoms with Crippen LogP contribution in [0.4, 0.5) is 0 Å². The SMILES string of the molecule is C[C@H](N)C(=O)NC1(C(N)=O)CCCCC1.Cl. The average molecular weight is 250 g/mol. The van der Waals surface area contributed by atoms with Crippen molar-refractivity contribution in [2.24, 2.45) is 11.5 Å². The van der Waals surface area contributed by atoms with Crippen molar-refractivity contribution < 1.29 is 9.59 Å². The van der Waals surface area contributed by atoms with Crippen molar-refractivity contribution >= 4 is 24.2 Å². The van der Waals surface area contributed by atoms with E-state index in [1.807, 2.05) is 0 Å². The zero-order valence-corrected chi connectivity index (χ0v) is 10.3. The fourth-order valence-electron chi connectivity index (χ4n) is 1.94. The Labute approximate surface area is 102 Å². The van der Waals surface area contributed by atoms with E-state index in [4.69, 9.17) is 11.5 Å². The lowest BCUT2D eigenvalue weighted by atomic mass is 9.81. The number of amides is 2. The Balaban J connectivity index is 0.00000225. The molecule has 1 aliphatic carbocycles. The minimum atomic E-state index is -0.858. The smallest absolute Gasteiger partial charge is 0.243 e. The maximum absolute atomic E-state index is 11.5. The first-order chi connectivity index (χ1) is 6.98. The molecule has 0 saturated heterocycles. The van der Waals surface area contributed by atoms with Crippen molar-refractivity contribution in [2.75, 3.05) is 0 Å². The Morgan fingerprint density at radius 3 is 2.12 bits per heavy atom. The van der Waals surface area contributed by atoms with E-state index in [-0.39, 0.29) is 18.3 Å². The van der Waals surface area contributed by atoms with Crippen LogP contribution < -0.4 is 16.8 Å². The third-order valence-corrected chi connectivity index (χ3v) is 2.95. The Hall–Kier alpha value is -0.810. The predicted octanol–water partition coefficient (Wildman–Crippen LogP) is 0.0598. The molecule has 1 rings (SSSR count). The van der Waals surface area contributed by atoms with E-state index < -0.39 is 17.5 Å². The molecule has 6 heteroatoms. The van der Waals surface area contributed by atoms with Crippen LogP contribution in [0, 0.1) is 0 Å². The number of primary amides is 1. The number of nitrogens with one attached hydrogen (secondary N) is 1. The molecule has 0 aliphatic heterocycles. The molecular formula is C10H20ClN3O2. The van der Waals surface area contributed by atoms with Gasteiger partial charge in [0.2, 0.25) is 11.8 Å². The molecule has 0 aromatic heterocycles. The third kappa shape index (κ3) is 3.35. The fourth-order valence-corrected chi connectivity index (χ4v) is 1.94. The first kappa shape index (κ1) is 15.2. The third-order valence-electron chi connectivity index (χ3n) is 2.95. The van der Waals surface area contributed by atoms with Crippen molar-refractivity contribution in [3.05, 3.63) is 0 Å². The predicted molar refractivity (Wildman–Crippen MR) is 64.1 cm³/mol. The molecule has 0 aromatic rings. The zero-order chi connectivity index (χ0) is 11.5. The summed E-state index contributed by atoms with van der Waals surface area (Å²) >= 11 is 0. The van der Waals surface area contributed by atoms with Gasteiger partial charge in [-0.15, -0.1) is 12.4 Å². The first-order valence-corrected chi connectivity index (χ1v) is 5.35. The Morgan fingerprint density at radius 2 is 1.75 bits per heavy atom. The van der Waals surface area contributed by atoms with Crippen molar-refractivity contribution in [3.8, 4) is 0 Å². The summed E-state index contributed by atoms with van der Waals surface area (Å²) in [5.41, 5.74) is 9.95. The number of halogens is 1. The highest BCUT2D eigenvalue weighted by molar-refractivity contribution is 5.92. The van der Waals surface area contributed by atoms with Gasteiger partial charge in [0, 0.05) is 0 Å². The Kier molecular flexibility index (Phi) is 5.75. The van der Waals surface area contributed by atoms with E-state index in [2.05, 4.69) is 5.32 Å². The van der Waals surface area contributed by atoms with Crippen molar-refractivity contribution in [1.82, 2.24) is 5.32 Å². The minimum Gasteiger partial charge on any atom is -0.368 e. The summed E-state index contributed by atoms with van der Waals surface area (Å²) in [6.45, 7) is 1.59. The second kappa shape index (κ2) is 6.06. The summed E-state index contributed by atoms with van der Waals surface area (Å²) in [5, 5.41) is 2.69. The second-order valence-corrected chi connectivity index (χ2v) is 4.28. The molecule has 5 nitrogen and oxygen atoms in total. The topological polar surface area (TPSA) is 98.2 Å². The van der Waals surface area contributed by atoms with Crippen LogP contribution >= 0.6 is 12.4 Å². The van der Waals surface area contributed by atoms with E-state index in [1.165, 1.54) is 0 Å². The quantitative estimate of drug-likeness (QED) is 0.660. The van der Waals surface area contributed by atoms with Crippen LogP contribution in [0.1, 0.15) is 39.0 Å². The van der Waals surface area contributed by atoms with Gasteiger partial charge in [-0.25, -0.2) is 0 Å². The molecule has 0 aromatic carbocycles. The fraction of sp³-hybridized carbons (Fsp3) is 0.800. The molecule has 94 valence electrons. The van der Waals surface area contributed by atoms with Gasteiger partial charge in [-0.2, -0.15) is 0 Å². The highest BCUT2D eigenvalue weighted by atomic mass is 35.5. The van der Waals surface area contributed by atoms with Crippen LogP contribution in [0.2, 0.25) is 0 Å². The summed E-state index contributed by atoms with van der Waals surface area (Å²) in [6.07, 6.45) is 4.18. The number of carbonyl (C=O) groups is 2. The number of nitrogens with two attached hydrogens (primary N) is 2. The van der Waals surface area contributed by atoms with E-state index in [0.29, 0.717) is 12.8 Å². The van der Waals surface area contributed by atoms with E-state index in [0.717, 1.165) is 19.3 Å². The van der Waals surface area contributed by atoms with Gasteiger partial charge in [-0.3, -0.25) is 9.59 Å². The van der Waals surface area contributed by atoms with E-state index >= 15 is 0 Å². The van der Waals surface area contributed by atoms with Crippen molar-refractivity contribution in [3.63, 3.8) is 0 Å². The van der Waals surface area contributed by atoms with Crippen LogP contribution in [0.3, 0.4) is 0 Å². The highest BCUT2D eigenvalue weighted by Crippen LogP contribution is 2.27. The molecular weight excluding hydrogens is 230 g/mol. The minimum absolute atomic E-state index is 0. The summed E-state index contributed by atoms with van der Waals surface area (Å²) < 4.78 is 0. The molecule has 0 bridgehead atoms. The molecule has 1 atom stereocenters. The highest BCUT2D eigenvalue weighted by Gasteiger charge is 2.39. The van der Waals surface area contributed by atoms with Gasteiger partial charge in [-0.1, -0.05) is 19.3 Å². The van der Waals surface area contributed by atoms with Gasteiger partial charge in [0.15, 0.2) is 0 Å². The lowest BCUT2D eigenvalue weighted by molar-refractivity contribution is -0.133. The van der Waals surface area contributed by atoms with Crippen LogP contribution in [0.25, 0.3) is 0 Å². The van der Waals surface area contributed by atoms with Crippen LogP contribution in [-0.2, 0) is 9.59 Å². The summed E-state index contributed by atoms with van der Waals surface area (Å²) in [6, 6.07) is -0.608. The maximum Gasteiger partial charge on any atom is 0.243 e. The van der Waals surface area contributed by atoms with Gasteiger partial charge >= 0.3 is 0 Å². The van der Waals surface area contributed by atoms with Crippen LogP contribution in [0.15, 0.2) is 0 Å². The molecule has 0 radical (unpaired) electrons. The van der Waals surface area contributed by atoms with Gasteiger partial charge < -0.3 is 16.8 Å². The Bertz CT molecular complexity index is 263. The second-order valence-electron chi connectivity index (χ2n) is 4.28. The molecule has 5 N–H and O–H groups in total. The van der Waals surface area contributed by atoms with E-state index in [9.17, 15) is 9.59 Å². The van der Waals surface area contributed by atoms with Gasteiger partial charge in [0.05, 0.1) is 6.04 Å². The lowest BCUT2D eigenvalue weighted by Gasteiger charge is -2.35. The summed E-state index contributed by atoms with van der Waals surface area (Å²) in [4.78, 5) is 22.9. The zero-order valence-electron chi connectivity index (χ0n) is 9.49. The van der Waals surface area contributed by atoms with Gasteiger partial charge in [-0.05, 0) is 19.8 Å². The normalized spacial score (nSPS) is 20.4. The molecule has 0 spiro atoms. The van der Waals surface area contributed by atoms with Gasteiger partial charge in [0.1, 0.15) is 5.54 Å². The molecule has 2 amide bonds. The monoisotopic (exact) mass is 249 g/mol. The molecule has 1 fully saturated rings. The number of hydrogen-bond acceptors (Lipinski definition) is 3. The summed E-state index contributed by atoms with van der Waals surface area (Å²) in [7, 11) is 0. The Morgan fingerprint density at radius 1 is 1.25 bits per heavy atom. The first-order valence-electron chi connectivity index (χ1n) is 5.35. The largest absolute Gasteiger partial charge is 0.368 e. The van der Waals surface area contributed by atoms with Crippen molar-refractivity contribution in [2.45, 2.75) is 50.6 Å². The van der Waals surface area contributed by atoms with Gasteiger partial charge in [0.25, 0.3) is 0 Å². The number of carbonyl (C=O) groups excluding carboxylic acids is 2. The number of rotatable bonds is 3. The van der Waals surface area contributed by atoms with Crippen molar-refractivity contribution in [1.29, 1.82) is 0 Å². The molecule has 1 saturated carbocycles. The lowest BCUT2D eigenvalue weighted by Crippen LogP contribution is -2.60. The molecule has 1 aliphatic rings. The maximum atomic E-state index is 11.5. The molecule has 0 unspecified atom stereocenters. The average Bonchev–Trinajstić information content (AvgIpc) is 2.18. The van der Waals surface area contributed by atoms with Crippen LogP contribution in [0.5, 0.6) is 0 Å². The standard InChI is InChI=1S/C10H19N3O2.ClH/c1-7(11)8(14)13-10(9(12)15)5-3-2-4-6-10;/h7H,2-6,11H2,1H3,(H2,12,15)(H,13,14);1H/t7-;/m0./s1.